The molecule has 0 unspecified atom stereocenters. The topological polar surface area (TPSA) is 104 Å². The van der Waals surface area contributed by atoms with Crippen LogP contribution in [0.4, 0.5) is 4.79 Å². The third-order valence-corrected chi connectivity index (χ3v) is 4.30. The summed E-state index contributed by atoms with van der Waals surface area (Å²) in [5.74, 6) is -0.714. The summed E-state index contributed by atoms with van der Waals surface area (Å²) in [6.45, 7) is 1.96. The minimum Gasteiger partial charge on any atom is -0.464 e. The van der Waals surface area contributed by atoms with E-state index in [4.69, 9.17) is 9.47 Å². The number of H-pyrrole nitrogens is 1. The molecular weight excluding hydrogens is 370 g/mol. The summed E-state index contributed by atoms with van der Waals surface area (Å²) in [4.78, 5) is 27.3. The van der Waals surface area contributed by atoms with Crippen LogP contribution in [0.1, 0.15) is 22.3 Å². The van der Waals surface area contributed by atoms with Crippen LogP contribution in [0.5, 0.6) is 0 Å². The minimum absolute atomic E-state index is 0.0705. The van der Waals surface area contributed by atoms with E-state index in [0.717, 1.165) is 22.0 Å². The molecule has 2 aromatic carbocycles. The third-order valence-electron chi connectivity index (χ3n) is 4.30. The zero-order valence-electron chi connectivity index (χ0n) is 16.0. The molecule has 7 heteroatoms. The number of nitriles is 1. The van der Waals surface area contributed by atoms with Crippen LogP contribution in [0.3, 0.4) is 0 Å². The van der Waals surface area contributed by atoms with Gasteiger partial charge in [0.1, 0.15) is 18.4 Å². The van der Waals surface area contributed by atoms with Gasteiger partial charge in [-0.3, -0.25) is 5.32 Å². The van der Waals surface area contributed by atoms with E-state index in [0.29, 0.717) is 11.1 Å². The Labute approximate surface area is 167 Å². The van der Waals surface area contributed by atoms with Crippen molar-refractivity contribution in [2.45, 2.75) is 13.5 Å². The van der Waals surface area contributed by atoms with Crippen molar-refractivity contribution in [2.75, 3.05) is 7.11 Å². The van der Waals surface area contributed by atoms with Gasteiger partial charge in [-0.05, 0) is 41.8 Å². The first-order chi connectivity index (χ1) is 14.0. The van der Waals surface area contributed by atoms with Gasteiger partial charge in [-0.1, -0.05) is 30.3 Å². The monoisotopic (exact) mass is 389 g/mol. The highest BCUT2D eigenvalue weighted by molar-refractivity contribution is 5.98. The molecule has 146 valence electrons. The minimum atomic E-state index is -0.775. The summed E-state index contributed by atoms with van der Waals surface area (Å²) in [6.07, 6.45) is 2.34. The molecular formula is C22H19N3O4. The molecule has 2 N–H and O–H groups in total. The number of ether oxygens (including phenoxy) is 2. The molecule has 3 rings (SSSR count). The van der Waals surface area contributed by atoms with Crippen molar-refractivity contribution in [3.63, 3.8) is 0 Å². The van der Waals surface area contributed by atoms with Crippen molar-refractivity contribution in [2.24, 2.45) is 0 Å². The predicted octanol–water partition coefficient (Wildman–Crippen LogP) is 3.79. The van der Waals surface area contributed by atoms with Gasteiger partial charge in [0.05, 0.1) is 12.7 Å². The molecule has 0 aliphatic rings. The Bertz CT molecular complexity index is 1120. The normalized spacial score (nSPS) is 11.0. The number of hydrogen-bond acceptors (Lipinski definition) is 5. The fourth-order valence-electron chi connectivity index (χ4n) is 2.91. The van der Waals surface area contributed by atoms with Crippen LogP contribution in [0.2, 0.25) is 0 Å². The molecule has 0 fully saturated rings. The second-order valence-electron chi connectivity index (χ2n) is 6.31. The maximum atomic E-state index is 12.1. The van der Waals surface area contributed by atoms with Crippen molar-refractivity contribution in [3.05, 3.63) is 76.6 Å². The number of amides is 1. The van der Waals surface area contributed by atoms with E-state index in [1.165, 1.54) is 13.2 Å². The van der Waals surface area contributed by atoms with E-state index < -0.39 is 12.1 Å². The summed E-state index contributed by atoms with van der Waals surface area (Å²) in [6, 6.07) is 14.9. The number of nitrogens with zero attached hydrogens (tertiary/aromatic N) is 1. The third kappa shape index (κ3) is 4.62. The molecule has 29 heavy (non-hydrogen) atoms. The van der Waals surface area contributed by atoms with E-state index in [1.807, 2.05) is 43.3 Å². The average Bonchev–Trinajstić information content (AvgIpc) is 3.15. The van der Waals surface area contributed by atoms with Gasteiger partial charge < -0.3 is 14.5 Å². The van der Waals surface area contributed by atoms with E-state index in [9.17, 15) is 14.9 Å². The van der Waals surface area contributed by atoms with Gasteiger partial charge in [0, 0.05) is 17.1 Å². The van der Waals surface area contributed by atoms with Crippen LogP contribution >= 0.6 is 0 Å². The lowest BCUT2D eigenvalue weighted by Gasteiger charge is -2.10. The molecule has 0 spiro atoms. The molecule has 1 aromatic heterocycles. The fourth-order valence-corrected chi connectivity index (χ4v) is 2.91. The summed E-state index contributed by atoms with van der Waals surface area (Å²) in [7, 11) is 1.22. The summed E-state index contributed by atoms with van der Waals surface area (Å²) >= 11 is 0. The lowest BCUT2D eigenvalue weighted by molar-refractivity contribution is -0.136. The Morgan fingerprint density at radius 3 is 2.69 bits per heavy atom. The molecule has 7 nitrogen and oxygen atoms in total. The highest BCUT2D eigenvalue weighted by Gasteiger charge is 2.15. The Hall–Kier alpha value is -4.05. The van der Waals surface area contributed by atoms with Crippen molar-refractivity contribution >= 4 is 29.0 Å². The molecule has 1 amide bonds. The van der Waals surface area contributed by atoms with Crippen molar-refractivity contribution in [1.29, 1.82) is 5.26 Å². The zero-order chi connectivity index (χ0) is 20.8. The number of aromatic amines is 1. The standard InChI is InChI=1S/C22H19N3O4/c1-14-8-16(9-18-17(11-23)12-24-20(14)18)10-19(21(26)28-2)25-22(27)29-13-15-6-4-3-5-7-15/h3-10,12,24H,13H2,1-2H3,(H,25,27). The van der Waals surface area contributed by atoms with Crippen LogP contribution in [0.25, 0.3) is 17.0 Å². The number of nitrogens with one attached hydrogen (secondary N) is 2. The van der Waals surface area contributed by atoms with E-state index >= 15 is 0 Å². The number of fused-ring (bicyclic) bond motifs is 1. The van der Waals surface area contributed by atoms with Crippen molar-refractivity contribution < 1.29 is 19.1 Å². The smallest absolute Gasteiger partial charge is 0.412 e. The average molecular weight is 389 g/mol. The molecule has 0 aliphatic heterocycles. The van der Waals surface area contributed by atoms with E-state index in [-0.39, 0.29) is 12.3 Å². The first-order valence-corrected chi connectivity index (χ1v) is 8.81. The maximum absolute atomic E-state index is 12.1. The number of esters is 1. The zero-order valence-corrected chi connectivity index (χ0v) is 16.0. The van der Waals surface area contributed by atoms with Gasteiger partial charge in [0.15, 0.2) is 0 Å². The van der Waals surface area contributed by atoms with Crippen LogP contribution in [-0.4, -0.2) is 24.2 Å². The number of methoxy groups -OCH3 is 1. The van der Waals surface area contributed by atoms with Crippen molar-refractivity contribution in [3.8, 4) is 6.07 Å². The molecule has 0 bridgehead atoms. The lowest BCUT2D eigenvalue weighted by atomic mass is 10.0. The van der Waals surface area contributed by atoms with Crippen LogP contribution < -0.4 is 5.32 Å². The number of benzene rings is 2. The Kier molecular flexibility index (Phi) is 5.95. The number of alkyl carbamates (subject to hydrolysis) is 1. The molecule has 0 atom stereocenters. The van der Waals surface area contributed by atoms with Gasteiger partial charge in [-0.2, -0.15) is 5.26 Å². The van der Waals surface area contributed by atoms with Gasteiger partial charge >= 0.3 is 12.1 Å². The quantitative estimate of drug-likeness (QED) is 0.510. The number of aromatic nitrogens is 1. The fraction of sp³-hybridized carbons (Fsp3) is 0.136. The Morgan fingerprint density at radius 2 is 2.00 bits per heavy atom. The van der Waals surface area contributed by atoms with Crippen LogP contribution in [0.15, 0.2) is 54.4 Å². The van der Waals surface area contributed by atoms with Gasteiger partial charge in [0.25, 0.3) is 0 Å². The number of rotatable bonds is 5. The Balaban J connectivity index is 1.84. The molecule has 0 aliphatic carbocycles. The molecule has 3 aromatic rings. The highest BCUT2D eigenvalue weighted by atomic mass is 16.6. The maximum Gasteiger partial charge on any atom is 0.412 e. The molecule has 0 saturated heterocycles. The number of carbonyl (C=O) groups is 2. The summed E-state index contributed by atoms with van der Waals surface area (Å²) in [5, 5.41) is 12.4. The number of aryl methyl sites for hydroxylation is 1. The van der Waals surface area contributed by atoms with Crippen molar-refractivity contribution in [1.82, 2.24) is 10.3 Å². The molecule has 0 saturated carbocycles. The van der Waals surface area contributed by atoms with Gasteiger partial charge in [-0.25, -0.2) is 9.59 Å². The van der Waals surface area contributed by atoms with E-state index in [2.05, 4.69) is 16.4 Å². The second-order valence-corrected chi connectivity index (χ2v) is 6.31. The molecule has 0 radical (unpaired) electrons. The second kappa shape index (κ2) is 8.76. The first-order valence-electron chi connectivity index (χ1n) is 8.81. The number of carbonyl (C=O) groups excluding carboxylic acids is 2. The highest BCUT2D eigenvalue weighted by Crippen LogP contribution is 2.24. The first kappa shape index (κ1) is 19.7. The van der Waals surface area contributed by atoms with E-state index in [1.54, 1.807) is 12.3 Å². The van der Waals surface area contributed by atoms with Gasteiger partial charge in [0.2, 0.25) is 0 Å². The molecule has 1 heterocycles. The SMILES string of the molecule is COC(=O)C(=Cc1cc(C)c2[nH]cc(C#N)c2c1)NC(=O)OCc1ccccc1. The van der Waals surface area contributed by atoms with Crippen LogP contribution in [-0.2, 0) is 20.9 Å². The van der Waals surface area contributed by atoms with Gasteiger partial charge in [-0.15, -0.1) is 0 Å². The summed E-state index contributed by atoms with van der Waals surface area (Å²) in [5.41, 5.74) is 3.62. The summed E-state index contributed by atoms with van der Waals surface area (Å²) < 4.78 is 9.92. The lowest BCUT2D eigenvalue weighted by Crippen LogP contribution is -2.28. The number of hydrogen-bond donors (Lipinski definition) is 2. The Morgan fingerprint density at radius 1 is 1.24 bits per heavy atom. The largest absolute Gasteiger partial charge is 0.464 e. The van der Waals surface area contributed by atoms with Crippen LogP contribution in [0, 0.1) is 18.3 Å². The predicted molar refractivity (Wildman–Crippen MR) is 108 cm³/mol.